The van der Waals surface area contributed by atoms with Crippen LogP contribution in [0.15, 0.2) is 59.5 Å². The second-order valence-corrected chi connectivity index (χ2v) is 26.1. The second-order valence-electron chi connectivity index (χ2n) is 26.1. The van der Waals surface area contributed by atoms with Gasteiger partial charge < -0.3 is 24.0 Å². The quantitative estimate of drug-likeness (QED) is 0.0903. The summed E-state index contributed by atoms with van der Waals surface area (Å²) in [7, 11) is 1.73. The van der Waals surface area contributed by atoms with Gasteiger partial charge in [-0.3, -0.25) is 43.7 Å². The van der Waals surface area contributed by atoms with Crippen molar-refractivity contribution in [1.82, 2.24) is 49.0 Å². The molecule has 19 nitrogen and oxygen atoms in total. The summed E-state index contributed by atoms with van der Waals surface area (Å²) in [6.45, 7) is 11.8. The van der Waals surface area contributed by atoms with Gasteiger partial charge in [0.2, 0.25) is 11.8 Å². The summed E-state index contributed by atoms with van der Waals surface area (Å²) >= 11 is 0. The highest BCUT2D eigenvalue weighted by molar-refractivity contribution is 6.02. The van der Waals surface area contributed by atoms with Gasteiger partial charge in [-0.05, 0) is 158 Å². The molecule has 21 heteroatoms. The van der Waals surface area contributed by atoms with Crippen molar-refractivity contribution in [2.75, 3.05) is 63.9 Å². The fraction of sp³-hybridized carbons (Fsp3) is 0.538. The zero-order valence-corrected chi connectivity index (χ0v) is 49.5. The van der Waals surface area contributed by atoms with Crippen LogP contribution in [0.25, 0.3) is 44.0 Å². The number of nitrogens with one attached hydrogen (secondary N) is 1. The first-order valence-corrected chi connectivity index (χ1v) is 30.8. The molecule has 0 radical (unpaired) electrons. The van der Waals surface area contributed by atoms with Crippen LogP contribution < -0.4 is 20.6 Å². The van der Waals surface area contributed by atoms with Gasteiger partial charge in [-0.25, -0.2) is 23.2 Å². The van der Waals surface area contributed by atoms with Crippen LogP contribution in [0.5, 0.6) is 6.01 Å². The summed E-state index contributed by atoms with van der Waals surface area (Å²) < 4.78 is 54.4. The Morgan fingerprint density at radius 2 is 1.62 bits per heavy atom. The molecule has 3 unspecified atom stereocenters. The van der Waals surface area contributed by atoms with Crippen molar-refractivity contribution in [3.63, 3.8) is 0 Å². The molecule has 0 saturated carbocycles. The second kappa shape index (κ2) is 22.9. The number of carbonyl (C=O) groups is 4. The lowest BCUT2D eigenvalue weighted by molar-refractivity contribution is -0.135. The Balaban J connectivity index is 0.631. The number of terminal acetylenes is 1. The number of pyridine rings is 1. The number of amides is 4. The van der Waals surface area contributed by atoms with Gasteiger partial charge in [-0.1, -0.05) is 36.3 Å². The van der Waals surface area contributed by atoms with Gasteiger partial charge in [0.25, 0.3) is 0 Å². The molecule has 452 valence electrons. The Bertz CT molecular complexity index is 3770. The molecule has 13 rings (SSSR count). The number of hydrogen-bond acceptors (Lipinski definition) is 14. The number of piperidine rings is 3. The number of anilines is 1. The molecule has 0 spiro atoms. The van der Waals surface area contributed by atoms with Gasteiger partial charge in [0.1, 0.15) is 47.7 Å². The molecule has 2 bridgehead atoms. The van der Waals surface area contributed by atoms with Gasteiger partial charge in [0, 0.05) is 69.4 Å². The van der Waals surface area contributed by atoms with E-state index in [1.807, 2.05) is 48.8 Å². The number of fused-ring (bicyclic) bond motifs is 6. The van der Waals surface area contributed by atoms with E-state index in [4.69, 9.17) is 30.6 Å². The number of carbonyl (C=O) groups excluding carboxylic acids is 4. The van der Waals surface area contributed by atoms with Crippen LogP contribution in [0.3, 0.4) is 0 Å². The molecule has 3 aromatic carbocycles. The van der Waals surface area contributed by atoms with Crippen molar-refractivity contribution < 1.29 is 42.2 Å². The predicted molar refractivity (Wildman–Crippen MR) is 319 cm³/mol. The van der Waals surface area contributed by atoms with Crippen LogP contribution in [0, 0.1) is 35.8 Å². The zero-order valence-electron chi connectivity index (χ0n) is 49.5. The number of hydrogen-bond donors (Lipinski definition) is 1. The summed E-state index contributed by atoms with van der Waals surface area (Å²) in [6, 6.07) is 13.1. The van der Waals surface area contributed by atoms with E-state index in [0.717, 1.165) is 108 Å². The average molecular weight is 1180 g/mol. The lowest BCUT2D eigenvalue weighted by atomic mass is 9.83. The van der Waals surface area contributed by atoms with Crippen LogP contribution in [0.1, 0.15) is 121 Å². The van der Waals surface area contributed by atoms with Gasteiger partial charge in [-0.15, -0.1) is 6.42 Å². The fourth-order valence-corrected chi connectivity index (χ4v) is 15.3. The van der Waals surface area contributed by atoms with E-state index in [1.54, 1.807) is 42.1 Å². The predicted octanol–water partition coefficient (Wildman–Crippen LogP) is 8.85. The molecule has 6 aromatic rings. The van der Waals surface area contributed by atoms with E-state index in [0.29, 0.717) is 77.5 Å². The maximum absolute atomic E-state index is 17.5. The minimum Gasteiger partial charge on any atom is -0.461 e. The molecule has 10 heterocycles. The lowest BCUT2D eigenvalue weighted by Crippen LogP contribution is -2.57. The van der Waals surface area contributed by atoms with Crippen LogP contribution in [0.4, 0.5) is 24.2 Å². The van der Waals surface area contributed by atoms with Crippen LogP contribution in [-0.4, -0.2) is 156 Å². The first kappa shape index (κ1) is 57.4. The lowest BCUT2D eigenvalue weighted by Gasteiger charge is -2.42. The Hall–Kier alpha value is -7.70. The zero-order chi connectivity index (χ0) is 59.8. The number of aryl methyl sites for hydroxylation is 1. The SMILES string of the molecule is C#Cc1c(F)ccc2cccc(-c3ncc4c(N5CC6CCC(C5)N6C(=O)OC(C)(C)C)nc(OC[C@@]56CCCN5[C@H](COC(=O)N5CCC(CC7CCN(Cc8ccc9c(c8)n(C)c(=O)n9C8CCC(=O)NC8=O)CC7)CC5)CC6)nc4c3F)c12. The maximum atomic E-state index is 17.5. The van der Waals surface area contributed by atoms with E-state index < -0.39 is 29.2 Å². The third kappa shape index (κ3) is 10.8. The van der Waals surface area contributed by atoms with E-state index in [-0.39, 0.29) is 89.9 Å². The summed E-state index contributed by atoms with van der Waals surface area (Å²) in [6.07, 6.45) is 17.5. The van der Waals surface area contributed by atoms with Gasteiger partial charge >= 0.3 is 23.9 Å². The average Bonchev–Trinajstić information content (AvgIpc) is 3.84. The molecule has 86 heavy (non-hydrogen) atoms. The number of halogens is 2. The number of imidazole rings is 1. The Labute approximate surface area is 498 Å². The molecule has 7 fully saturated rings. The van der Waals surface area contributed by atoms with E-state index in [9.17, 15) is 24.0 Å². The van der Waals surface area contributed by atoms with Crippen molar-refractivity contribution in [2.45, 2.75) is 146 Å². The molecule has 5 atom stereocenters. The minimum atomic E-state index is -0.723. The smallest absolute Gasteiger partial charge is 0.410 e. The standard InChI is InChI=1S/C65H75F2N11O8/c1-6-46-49(66)15-12-42-9-7-10-47(54(42)46)56-55(67)57-48(33-68-56)58(75-35-43-13-14-44(36-75)77(43)63(83)86-64(2,3)4)71-60(70-57)85-38-65-24-8-26-76(65)45(19-25-65)37-84-62(82)74-29-22-40(23-30-74)31-39-20-27-73(28-21-39)34-41-11-16-50-52(32-41)72(5)61(81)78(50)51-17-18-53(79)69-59(51)80/h1,7,9-12,15-16,32-33,39-40,43-45,51H,8,13-14,17-31,34-38H2,2-5H3,(H,69,79,80)/t43?,44?,45-,51?,65-/m0/s1. The molecular weight excluding hydrogens is 1100 g/mol. The minimum absolute atomic E-state index is 0.00264. The number of aromatic nitrogens is 5. The first-order valence-electron chi connectivity index (χ1n) is 30.8. The molecule has 7 aliphatic rings. The van der Waals surface area contributed by atoms with Crippen molar-refractivity contribution in [3.05, 3.63) is 88.0 Å². The van der Waals surface area contributed by atoms with Crippen molar-refractivity contribution >= 4 is 62.5 Å². The molecule has 0 aliphatic carbocycles. The molecule has 1 N–H and O–H groups in total. The summed E-state index contributed by atoms with van der Waals surface area (Å²) in [4.78, 5) is 90.1. The fourth-order valence-electron chi connectivity index (χ4n) is 15.3. The number of piperazine rings is 1. The summed E-state index contributed by atoms with van der Waals surface area (Å²) in [5.74, 6) is 2.02. The van der Waals surface area contributed by atoms with Gasteiger partial charge in [0.05, 0.1) is 39.6 Å². The monoisotopic (exact) mass is 1180 g/mol. The largest absolute Gasteiger partial charge is 0.461 e. The molecule has 4 amide bonds. The number of likely N-dealkylation sites (tertiary alicyclic amines) is 2. The first-order chi connectivity index (χ1) is 41.4. The highest BCUT2D eigenvalue weighted by Crippen LogP contribution is 2.44. The third-order valence-corrected chi connectivity index (χ3v) is 19.7. The number of benzene rings is 3. The molecule has 7 aliphatic heterocycles. The number of nitrogens with zero attached hydrogens (tertiary/aromatic N) is 10. The van der Waals surface area contributed by atoms with Gasteiger partial charge in [-0.2, -0.15) is 9.97 Å². The summed E-state index contributed by atoms with van der Waals surface area (Å²) in [5.41, 5.74) is 1.59. The Morgan fingerprint density at radius 3 is 2.35 bits per heavy atom. The van der Waals surface area contributed by atoms with E-state index >= 15 is 8.78 Å². The van der Waals surface area contributed by atoms with Crippen molar-refractivity contribution in [3.8, 4) is 29.6 Å². The van der Waals surface area contributed by atoms with E-state index in [2.05, 4.69) is 30.9 Å². The van der Waals surface area contributed by atoms with Crippen molar-refractivity contribution in [1.29, 1.82) is 0 Å². The number of ether oxygens (including phenoxy) is 3. The number of imide groups is 1. The van der Waals surface area contributed by atoms with E-state index in [1.165, 1.54) is 10.6 Å². The Kier molecular flexibility index (Phi) is 15.3. The molecule has 7 saturated heterocycles. The topological polar surface area (TPSA) is 190 Å². The summed E-state index contributed by atoms with van der Waals surface area (Å²) in [5, 5.41) is 3.77. The molecular formula is C65H75F2N11O8. The third-order valence-electron chi connectivity index (χ3n) is 19.7. The van der Waals surface area contributed by atoms with Crippen LogP contribution >= 0.6 is 0 Å². The highest BCUT2D eigenvalue weighted by Gasteiger charge is 2.51. The Morgan fingerprint density at radius 1 is 0.860 bits per heavy atom. The van der Waals surface area contributed by atoms with Crippen LogP contribution in [0.2, 0.25) is 0 Å². The van der Waals surface area contributed by atoms with Crippen molar-refractivity contribution in [2.24, 2.45) is 18.9 Å². The number of rotatable bonds is 12. The van der Waals surface area contributed by atoms with Gasteiger partial charge in [0.15, 0.2) is 5.82 Å². The van der Waals surface area contributed by atoms with Crippen LogP contribution in [-0.2, 0) is 32.7 Å². The maximum Gasteiger partial charge on any atom is 0.410 e. The normalized spacial score (nSPS) is 24.2. The highest BCUT2D eigenvalue weighted by atomic mass is 19.1. The molecule has 3 aromatic heterocycles.